The molecule has 11 heavy (non-hydrogen) atoms. The summed E-state index contributed by atoms with van der Waals surface area (Å²) in [6, 6.07) is 0. The minimum absolute atomic E-state index is 0.0783. The van der Waals surface area contributed by atoms with E-state index in [0.29, 0.717) is 0 Å². The Kier molecular flexibility index (Phi) is 3.31. The lowest BCUT2D eigenvalue weighted by atomic mass is 9.72. The smallest absolute Gasteiger partial charge is 0.319 e. The third-order valence-corrected chi connectivity index (χ3v) is 4.32. The third-order valence-electron chi connectivity index (χ3n) is 3.07. The zero-order chi connectivity index (χ0) is 9.28. The highest BCUT2D eigenvalue weighted by molar-refractivity contribution is 6.05. The molecule has 0 aliphatic heterocycles. The van der Waals surface area contributed by atoms with E-state index in [1.807, 2.05) is 13.8 Å². The van der Waals surface area contributed by atoms with Crippen molar-refractivity contribution in [3.63, 3.8) is 0 Å². The molecule has 0 bridgehead atoms. The third kappa shape index (κ3) is 2.05. The first-order chi connectivity index (χ1) is 4.75. The van der Waals surface area contributed by atoms with Gasteiger partial charge in [-0.1, -0.05) is 13.8 Å². The first-order valence-electron chi connectivity index (χ1n) is 3.95. The molecule has 0 aliphatic carbocycles. The molecule has 0 heterocycles. The van der Waals surface area contributed by atoms with Gasteiger partial charge in [-0.05, 0) is 20.8 Å². The summed E-state index contributed by atoms with van der Waals surface area (Å²) in [6.07, 6.45) is 0. The summed E-state index contributed by atoms with van der Waals surface area (Å²) >= 11 is 0.922. The van der Waals surface area contributed by atoms with Gasteiger partial charge >= 0.3 is 16.5 Å². The van der Waals surface area contributed by atoms with E-state index >= 15 is 0 Å². The quantitative estimate of drug-likeness (QED) is 0.627. The number of Topliss-reactive ketones (excluding diaryl/α,β-unsaturated/α-hetero) is 1. The van der Waals surface area contributed by atoms with Crippen LogP contribution in [0.15, 0.2) is 0 Å². The molecule has 2 nitrogen and oxygen atoms in total. The monoisotopic (exact) mass is 171 g/mol. The molecule has 0 aromatic carbocycles. The SMILES string of the molecule is CC(=O)C(C)(C)C(C)(C)[NH][AlH2]. The van der Waals surface area contributed by atoms with Crippen molar-refractivity contribution < 1.29 is 4.79 Å². The fraction of sp³-hybridized carbons (Fsp3) is 0.875. The Bertz CT molecular complexity index is 163. The zero-order valence-corrected chi connectivity index (χ0v) is 10.4. The highest BCUT2D eigenvalue weighted by Crippen LogP contribution is 2.30. The van der Waals surface area contributed by atoms with E-state index in [1.54, 1.807) is 6.92 Å². The number of carbonyl (C=O) groups is 1. The lowest BCUT2D eigenvalue weighted by Gasteiger charge is -2.40. The maximum atomic E-state index is 11.2. The van der Waals surface area contributed by atoms with Crippen molar-refractivity contribution in [2.75, 3.05) is 0 Å². The molecule has 0 rings (SSSR count). The molecule has 0 fully saturated rings. The molecule has 3 heteroatoms. The number of rotatable bonds is 3. The molecule has 0 aromatic heterocycles. The fourth-order valence-corrected chi connectivity index (χ4v) is 1.38. The van der Waals surface area contributed by atoms with Gasteiger partial charge in [-0.2, -0.15) is 0 Å². The predicted molar refractivity (Wildman–Crippen MR) is 50.2 cm³/mol. The Balaban J connectivity index is 4.67. The summed E-state index contributed by atoms with van der Waals surface area (Å²) < 4.78 is 3.28. The van der Waals surface area contributed by atoms with Crippen LogP contribution in [-0.2, 0) is 4.79 Å². The van der Waals surface area contributed by atoms with Crippen LogP contribution in [0.3, 0.4) is 0 Å². The van der Waals surface area contributed by atoms with Crippen LogP contribution >= 0.6 is 0 Å². The second kappa shape index (κ2) is 3.27. The number of hydrogen-bond donors (Lipinski definition) is 1. The Morgan fingerprint density at radius 2 is 1.64 bits per heavy atom. The molecular weight excluding hydrogens is 153 g/mol. The average Bonchev–Trinajstić information content (AvgIpc) is 1.87. The molecule has 0 saturated carbocycles. The van der Waals surface area contributed by atoms with Crippen molar-refractivity contribution in [3.05, 3.63) is 0 Å². The summed E-state index contributed by atoms with van der Waals surface area (Å²) in [7, 11) is 0. The lowest BCUT2D eigenvalue weighted by Crippen LogP contribution is -2.53. The van der Waals surface area contributed by atoms with Gasteiger partial charge in [0.1, 0.15) is 5.78 Å². The maximum Gasteiger partial charge on any atom is 0.319 e. The van der Waals surface area contributed by atoms with Crippen molar-refractivity contribution in [2.45, 2.75) is 40.2 Å². The molecule has 0 spiro atoms. The molecule has 0 radical (unpaired) electrons. The lowest BCUT2D eigenvalue weighted by molar-refractivity contribution is -0.128. The van der Waals surface area contributed by atoms with E-state index in [-0.39, 0.29) is 16.7 Å². The van der Waals surface area contributed by atoms with E-state index in [9.17, 15) is 4.79 Å². The van der Waals surface area contributed by atoms with Crippen LogP contribution in [0.4, 0.5) is 0 Å². The molecule has 0 saturated heterocycles. The standard InChI is InChI=1S/C8H16NO.Al.2H/c1-6(10)7(2,3)8(4,5)9;;;/h9H,1-5H3;;;/q-1;+1;;. The Labute approximate surface area is 77.4 Å². The van der Waals surface area contributed by atoms with Crippen LogP contribution in [0.25, 0.3) is 0 Å². The van der Waals surface area contributed by atoms with Crippen LogP contribution in [0.1, 0.15) is 34.6 Å². The van der Waals surface area contributed by atoms with Crippen LogP contribution in [0.2, 0.25) is 0 Å². The van der Waals surface area contributed by atoms with E-state index < -0.39 is 0 Å². The van der Waals surface area contributed by atoms with Crippen molar-refractivity contribution in [3.8, 4) is 0 Å². The van der Waals surface area contributed by atoms with Crippen molar-refractivity contribution in [2.24, 2.45) is 5.41 Å². The van der Waals surface area contributed by atoms with E-state index in [2.05, 4.69) is 18.1 Å². The van der Waals surface area contributed by atoms with E-state index in [1.165, 1.54) is 0 Å². The first-order valence-corrected chi connectivity index (χ1v) is 4.95. The topological polar surface area (TPSA) is 29.1 Å². The minimum atomic E-state index is -0.269. The largest absolute Gasteiger partial charge is 0.399 e. The van der Waals surface area contributed by atoms with Gasteiger partial charge in [0.15, 0.2) is 0 Å². The van der Waals surface area contributed by atoms with Crippen LogP contribution in [0, 0.1) is 5.41 Å². The normalized spacial score (nSPS) is 13.2. The van der Waals surface area contributed by atoms with Gasteiger partial charge in [-0.15, -0.1) is 0 Å². The van der Waals surface area contributed by atoms with Gasteiger partial charge in [0.2, 0.25) is 0 Å². The van der Waals surface area contributed by atoms with Gasteiger partial charge in [0.25, 0.3) is 0 Å². The van der Waals surface area contributed by atoms with Crippen LogP contribution in [0.5, 0.6) is 0 Å². The van der Waals surface area contributed by atoms with Gasteiger partial charge in [-0.25, -0.2) is 0 Å². The van der Waals surface area contributed by atoms with Crippen LogP contribution in [-0.4, -0.2) is 27.8 Å². The summed E-state index contributed by atoms with van der Waals surface area (Å²) in [5.41, 5.74) is -0.347. The average molecular weight is 171 g/mol. The maximum absolute atomic E-state index is 11.2. The Morgan fingerprint density at radius 1 is 1.27 bits per heavy atom. The predicted octanol–water partition coefficient (Wildman–Crippen LogP) is 0.518. The molecule has 1 N–H and O–H groups in total. The van der Waals surface area contributed by atoms with Crippen molar-refractivity contribution in [1.29, 1.82) is 0 Å². The van der Waals surface area contributed by atoms with Gasteiger partial charge < -0.3 is 4.30 Å². The second-order valence-corrected chi connectivity index (χ2v) is 4.56. The second-order valence-electron chi connectivity index (χ2n) is 4.06. The Hall–Kier alpha value is 0.162. The fourth-order valence-electron chi connectivity index (χ4n) is 0.753. The molecule has 0 atom stereocenters. The van der Waals surface area contributed by atoms with E-state index in [0.717, 1.165) is 16.5 Å². The van der Waals surface area contributed by atoms with Gasteiger partial charge in [-0.3, -0.25) is 4.79 Å². The Morgan fingerprint density at radius 3 is 1.73 bits per heavy atom. The number of hydrogen-bond acceptors (Lipinski definition) is 2. The first kappa shape index (κ1) is 11.2. The van der Waals surface area contributed by atoms with Gasteiger partial charge in [0.05, 0.1) is 0 Å². The molecule has 0 unspecified atom stereocenters. The molecular formula is C8H18AlNO. The summed E-state index contributed by atoms with van der Waals surface area (Å²) in [5.74, 6) is 0.242. The summed E-state index contributed by atoms with van der Waals surface area (Å²) in [4.78, 5) is 11.2. The number of carbonyl (C=O) groups excluding carboxylic acids is 1. The minimum Gasteiger partial charge on any atom is -0.399 e. The van der Waals surface area contributed by atoms with Crippen LogP contribution < -0.4 is 4.30 Å². The summed E-state index contributed by atoms with van der Waals surface area (Å²) in [6.45, 7) is 9.77. The van der Waals surface area contributed by atoms with E-state index in [4.69, 9.17) is 0 Å². The molecule has 64 valence electrons. The van der Waals surface area contributed by atoms with Gasteiger partial charge in [0, 0.05) is 11.0 Å². The molecule has 0 aliphatic rings. The zero-order valence-electron chi connectivity index (χ0n) is 8.41. The number of ketones is 1. The summed E-state index contributed by atoms with van der Waals surface area (Å²) in [5, 5.41) is 0. The highest BCUT2D eigenvalue weighted by atomic mass is 27.1. The van der Waals surface area contributed by atoms with Crippen molar-refractivity contribution >= 4 is 22.3 Å². The van der Waals surface area contributed by atoms with Crippen molar-refractivity contribution in [1.82, 2.24) is 4.30 Å². The molecule has 0 amide bonds. The molecule has 0 aromatic rings. The number of nitrogens with one attached hydrogen (secondary N) is 1. The highest BCUT2D eigenvalue weighted by Gasteiger charge is 2.38.